The molecule has 3 aromatic carbocycles. The Morgan fingerprint density at radius 3 is 2.38 bits per heavy atom. The molecule has 1 aliphatic rings. The third kappa shape index (κ3) is 5.38. The zero-order valence-electron chi connectivity index (χ0n) is 18.8. The Labute approximate surface area is 194 Å². The SMILES string of the molecule is COc1ccc(C2Sc3cc(Oc4ccccc4)ccc3N(CCN(C)C)CC2O)cc1. The van der Waals surface area contributed by atoms with E-state index in [9.17, 15) is 5.11 Å². The second-order valence-electron chi connectivity index (χ2n) is 8.17. The first-order valence-electron chi connectivity index (χ1n) is 10.8. The lowest BCUT2D eigenvalue weighted by Crippen LogP contribution is -2.37. The molecule has 1 heterocycles. The van der Waals surface area contributed by atoms with E-state index in [2.05, 4.69) is 36.0 Å². The zero-order valence-corrected chi connectivity index (χ0v) is 19.6. The molecule has 6 heteroatoms. The van der Waals surface area contributed by atoms with Crippen molar-refractivity contribution in [2.24, 2.45) is 0 Å². The molecule has 0 bridgehead atoms. The summed E-state index contributed by atoms with van der Waals surface area (Å²) >= 11 is 1.69. The van der Waals surface area contributed by atoms with Gasteiger partial charge in [0.2, 0.25) is 0 Å². The Morgan fingerprint density at radius 1 is 0.969 bits per heavy atom. The molecule has 0 spiro atoms. The smallest absolute Gasteiger partial charge is 0.128 e. The number of hydrogen-bond donors (Lipinski definition) is 1. The number of benzene rings is 3. The summed E-state index contributed by atoms with van der Waals surface area (Å²) in [5.41, 5.74) is 2.21. The van der Waals surface area contributed by atoms with Gasteiger partial charge < -0.3 is 24.4 Å². The maximum atomic E-state index is 11.2. The van der Waals surface area contributed by atoms with Crippen LogP contribution in [0.2, 0.25) is 0 Å². The average Bonchev–Trinajstić information content (AvgIpc) is 2.94. The normalized spacial score (nSPS) is 18.2. The Morgan fingerprint density at radius 2 is 1.69 bits per heavy atom. The minimum absolute atomic E-state index is 0.0870. The number of thioether (sulfide) groups is 1. The number of aliphatic hydroxyl groups is 1. The van der Waals surface area contributed by atoms with Gasteiger partial charge in [-0.05, 0) is 62.1 Å². The standard InChI is InChI=1S/C26H30N2O3S/c1-27(2)15-16-28-18-24(29)26(19-9-11-20(30-3)12-10-19)32-25-17-22(13-14-23(25)28)31-21-7-5-4-6-8-21/h4-14,17,24,26,29H,15-16,18H2,1-3H3. The number of likely N-dealkylation sites (N-methyl/N-ethyl adjacent to an activating group) is 1. The van der Waals surface area contributed by atoms with Crippen LogP contribution >= 0.6 is 11.8 Å². The lowest BCUT2D eigenvalue weighted by Gasteiger charge is -2.28. The molecule has 0 amide bonds. The van der Waals surface area contributed by atoms with Crippen molar-refractivity contribution in [3.63, 3.8) is 0 Å². The number of anilines is 1. The Kier molecular flexibility index (Phi) is 7.25. The minimum atomic E-state index is -0.513. The van der Waals surface area contributed by atoms with E-state index < -0.39 is 6.10 Å². The van der Waals surface area contributed by atoms with Gasteiger partial charge in [-0.15, -0.1) is 11.8 Å². The maximum Gasteiger partial charge on any atom is 0.128 e. The molecule has 2 unspecified atom stereocenters. The van der Waals surface area contributed by atoms with Crippen molar-refractivity contribution in [2.75, 3.05) is 45.7 Å². The monoisotopic (exact) mass is 450 g/mol. The van der Waals surface area contributed by atoms with E-state index in [1.807, 2.05) is 60.7 Å². The van der Waals surface area contributed by atoms with Crippen molar-refractivity contribution in [2.45, 2.75) is 16.2 Å². The predicted molar refractivity (Wildman–Crippen MR) is 131 cm³/mol. The summed E-state index contributed by atoms with van der Waals surface area (Å²) in [7, 11) is 5.80. The molecular weight excluding hydrogens is 420 g/mol. The Balaban J connectivity index is 1.67. The van der Waals surface area contributed by atoms with Crippen LogP contribution in [0, 0.1) is 0 Å². The van der Waals surface area contributed by atoms with Gasteiger partial charge in [-0.3, -0.25) is 0 Å². The number of ether oxygens (including phenoxy) is 2. The van der Waals surface area contributed by atoms with Gasteiger partial charge in [0.1, 0.15) is 17.2 Å². The summed E-state index contributed by atoms with van der Waals surface area (Å²) in [6.45, 7) is 2.32. The highest BCUT2D eigenvalue weighted by Crippen LogP contribution is 2.47. The maximum absolute atomic E-state index is 11.2. The molecule has 0 saturated carbocycles. The van der Waals surface area contributed by atoms with Gasteiger partial charge >= 0.3 is 0 Å². The van der Waals surface area contributed by atoms with Gasteiger partial charge in [-0.1, -0.05) is 30.3 Å². The zero-order chi connectivity index (χ0) is 22.5. The molecule has 4 rings (SSSR count). The summed E-state index contributed by atoms with van der Waals surface area (Å²) in [6.07, 6.45) is -0.513. The van der Waals surface area contributed by atoms with E-state index in [1.54, 1.807) is 18.9 Å². The molecule has 0 aliphatic carbocycles. The van der Waals surface area contributed by atoms with Crippen LogP contribution in [0.25, 0.3) is 0 Å². The first-order chi connectivity index (χ1) is 15.5. The molecule has 168 valence electrons. The molecule has 0 aromatic heterocycles. The number of para-hydroxylation sites is 1. The Bertz CT molecular complexity index is 1010. The van der Waals surface area contributed by atoms with E-state index in [0.29, 0.717) is 6.54 Å². The van der Waals surface area contributed by atoms with Crippen LogP contribution in [0.3, 0.4) is 0 Å². The van der Waals surface area contributed by atoms with Crippen LogP contribution in [-0.2, 0) is 0 Å². The van der Waals surface area contributed by atoms with Crippen molar-refractivity contribution in [1.82, 2.24) is 4.90 Å². The largest absolute Gasteiger partial charge is 0.497 e. The molecule has 0 radical (unpaired) electrons. The molecule has 32 heavy (non-hydrogen) atoms. The third-order valence-electron chi connectivity index (χ3n) is 5.52. The summed E-state index contributed by atoms with van der Waals surface area (Å²) in [4.78, 5) is 5.55. The number of fused-ring (bicyclic) bond motifs is 1. The van der Waals surface area contributed by atoms with E-state index in [1.165, 1.54) is 0 Å². The molecule has 0 saturated heterocycles. The van der Waals surface area contributed by atoms with Gasteiger partial charge in [0.15, 0.2) is 0 Å². The fourth-order valence-corrected chi connectivity index (χ4v) is 5.10. The van der Waals surface area contributed by atoms with Crippen LogP contribution in [0.1, 0.15) is 10.8 Å². The highest BCUT2D eigenvalue weighted by molar-refractivity contribution is 7.99. The molecule has 5 nitrogen and oxygen atoms in total. The highest BCUT2D eigenvalue weighted by Gasteiger charge is 2.30. The van der Waals surface area contributed by atoms with Gasteiger partial charge in [0.05, 0.1) is 24.2 Å². The van der Waals surface area contributed by atoms with Gasteiger partial charge in [0.25, 0.3) is 0 Å². The second-order valence-corrected chi connectivity index (χ2v) is 9.36. The number of methoxy groups -OCH3 is 1. The lowest BCUT2D eigenvalue weighted by atomic mass is 10.1. The van der Waals surface area contributed by atoms with Crippen molar-refractivity contribution in [1.29, 1.82) is 0 Å². The number of β-amino-alcohol motifs (C(OH)–C–C–N with tert-alkyl or cyclic N) is 1. The van der Waals surface area contributed by atoms with E-state index in [-0.39, 0.29) is 5.25 Å². The first kappa shape index (κ1) is 22.5. The number of hydrogen-bond acceptors (Lipinski definition) is 6. The summed E-state index contributed by atoms with van der Waals surface area (Å²) in [6, 6.07) is 24.0. The van der Waals surface area contributed by atoms with Gasteiger partial charge in [-0.2, -0.15) is 0 Å². The van der Waals surface area contributed by atoms with Crippen LogP contribution in [0.15, 0.2) is 77.7 Å². The topological polar surface area (TPSA) is 45.2 Å². The van der Waals surface area contributed by atoms with Crippen molar-refractivity contribution in [3.8, 4) is 17.2 Å². The fraction of sp³-hybridized carbons (Fsp3) is 0.308. The molecule has 2 atom stereocenters. The second kappa shape index (κ2) is 10.3. The number of aliphatic hydroxyl groups excluding tert-OH is 1. The van der Waals surface area contributed by atoms with Crippen LogP contribution in [0.4, 0.5) is 5.69 Å². The molecule has 1 aliphatic heterocycles. The summed E-state index contributed by atoms with van der Waals surface area (Å²) in [5.74, 6) is 2.41. The quantitative estimate of drug-likeness (QED) is 0.543. The van der Waals surface area contributed by atoms with Gasteiger partial charge in [0, 0.05) is 24.5 Å². The lowest BCUT2D eigenvalue weighted by molar-refractivity contribution is 0.177. The van der Waals surface area contributed by atoms with Crippen molar-refractivity contribution >= 4 is 17.4 Å². The van der Waals surface area contributed by atoms with Crippen molar-refractivity contribution < 1.29 is 14.6 Å². The fourth-order valence-electron chi connectivity index (χ4n) is 3.79. The molecule has 1 N–H and O–H groups in total. The summed E-state index contributed by atoms with van der Waals surface area (Å²) in [5, 5.41) is 11.1. The first-order valence-corrected chi connectivity index (χ1v) is 11.7. The van der Waals surface area contributed by atoms with Crippen LogP contribution < -0.4 is 14.4 Å². The Hall–Kier alpha value is -2.67. The van der Waals surface area contributed by atoms with Crippen molar-refractivity contribution in [3.05, 3.63) is 78.4 Å². The number of rotatable bonds is 7. The molecular formula is C26H30N2O3S. The van der Waals surface area contributed by atoms with E-state index >= 15 is 0 Å². The third-order valence-corrected chi connectivity index (χ3v) is 6.94. The van der Waals surface area contributed by atoms with Crippen LogP contribution in [0.5, 0.6) is 17.2 Å². The summed E-state index contributed by atoms with van der Waals surface area (Å²) < 4.78 is 11.4. The number of nitrogens with zero attached hydrogens (tertiary/aromatic N) is 2. The predicted octanol–water partition coefficient (Wildman–Crippen LogP) is 5.06. The van der Waals surface area contributed by atoms with E-state index in [4.69, 9.17) is 9.47 Å². The van der Waals surface area contributed by atoms with Gasteiger partial charge in [-0.25, -0.2) is 0 Å². The molecule has 0 fully saturated rings. The van der Waals surface area contributed by atoms with Crippen LogP contribution in [-0.4, -0.2) is 56.9 Å². The average molecular weight is 451 g/mol. The minimum Gasteiger partial charge on any atom is -0.497 e. The van der Waals surface area contributed by atoms with E-state index in [0.717, 1.165) is 46.5 Å². The highest BCUT2D eigenvalue weighted by atomic mass is 32.2. The molecule has 3 aromatic rings.